The second-order valence-corrected chi connectivity index (χ2v) is 5.81. The van der Waals surface area contributed by atoms with E-state index < -0.39 is 12.0 Å². The molecule has 0 radical (unpaired) electrons. The number of benzene rings is 1. The molecule has 24 heavy (non-hydrogen) atoms. The molecule has 0 saturated carbocycles. The first-order chi connectivity index (χ1) is 11.4. The summed E-state index contributed by atoms with van der Waals surface area (Å²) in [5.74, 6) is -0.0827. The van der Waals surface area contributed by atoms with Crippen molar-refractivity contribution in [2.75, 3.05) is 7.11 Å². The number of rotatable bonds is 6. The van der Waals surface area contributed by atoms with Crippen molar-refractivity contribution < 1.29 is 18.8 Å². The largest absolute Gasteiger partial charge is 0.469 e. The maximum Gasteiger partial charge on any atom is 0.307 e. The molecule has 0 aliphatic carbocycles. The smallest absolute Gasteiger partial charge is 0.307 e. The zero-order valence-electron chi connectivity index (χ0n) is 13.8. The van der Waals surface area contributed by atoms with Gasteiger partial charge in [-0.3, -0.25) is 9.59 Å². The van der Waals surface area contributed by atoms with Gasteiger partial charge in [-0.2, -0.15) is 0 Å². The van der Waals surface area contributed by atoms with Crippen molar-refractivity contribution in [1.29, 1.82) is 0 Å². The monoisotopic (exact) mass is 350 g/mol. The van der Waals surface area contributed by atoms with E-state index in [4.69, 9.17) is 20.9 Å². The Balaban J connectivity index is 2.17. The van der Waals surface area contributed by atoms with Crippen LogP contribution in [-0.4, -0.2) is 24.1 Å². The number of nitrogens with one attached hydrogen (secondary N) is 1. The molecule has 1 aromatic carbocycles. The van der Waals surface area contributed by atoms with Crippen LogP contribution >= 0.6 is 11.6 Å². The lowest BCUT2D eigenvalue weighted by molar-refractivity contribution is -0.141. The van der Waals surface area contributed by atoms with Crippen LogP contribution in [0.4, 0.5) is 0 Å². The van der Waals surface area contributed by atoms with E-state index in [2.05, 4.69) is 10.5 Å². The van der Waals surface area contributed by atoms with Gasteiger partial charge in [0.15, 0.2) is 0 Å². The summed E-state index contributed by atoms with van der Waals surface area (Å²) < 4.78 is 9.77. The third-order valence-corrected chi connectivity index (χ3v) is 4.08. The van der Waals surface area contributed by atoms with Gasteiger partial charge in [0.05, 0.1) is 31.7 Å². The number of aryl methyl sites for hydroxylation is 2. The number of aromatic nitrogens is 1. The van der Waals surface area contributed by atoms with Gasteiger partial charge >= 0.3 is 5.97 Å². The predicted molar refractivity (Wildman–Crippen MR) is 88.6 cm³/mol. The van der Waals surface area contributed by atoms with Crippen molar-refractivity contribution in [1.82, 2.24) is 10.5 Å². The topological polar surface area (TPSA) is 81.4 Å². The molecule has 2 aromatic rings. The molecule has 0 aliphatic rings. The molecule has 1 amide bonds. The summed E-state index contributed by atoms with van der Waals surface area (Å²) in [7, 11) is 1.30. The van der Waals surface area contributed by atoms with Crippen LogP contribution in [-0.2, 0) is 20.7 Å². The molecular formula is C17H19ClN2O4. The third-order valence-electron chi connectivity index (χ3n) is 3.73. The zero-order chi connectivity index (χ0) is 17.7. The minimum atomic E-state index is -0.570. The van der Waals surface area contributed by atoms with E-state index in [1.165, 1.54) is 7.11 Å². The second kappa shape index (κ2) is 7.97. The number of amides is 1. The Kier molecular flexibility index (Phi) is 5.98. The number of ether oxygens (including phenoxy) is 1. The van der Waals surface area contributed by atoms with E-state index in [-0.39, 0.29) is 18.7 Å². The molecule has 0 spiro atoms. The van der Waals surface area contributed by atoms with Crippen LogP contribution in [0, 0.1) is 13.8 Å². The predicted octanol–water partition coefficient (Wildman–Crippen LogP) is 2.91. The summed E-state index contributed by atoms with van der Waals surface area (Å²) in [4.78, 5) is 24.1. The van der Waals surface area contributed by atoms with Gasteiger partial charge in [0.2, 0.25) is 5.91 Å². The Bertz CT molecular complexity index is 722. The fourth-order valence-electron chi connectivity index (χ4n) is 2.41. The van der Waals surface area contributed by atoms with Crippen LogP contribution < -0.4 is 5.32 Å². The first-order valence-electron chi connectivity index (χ1n) is 7.44. The Labute approximate surface area is 145 Å². The van der Waals surface area contributed by atoms with Gasteiger partial charge in [-0.25, -0.2) is 0 Å². The highest BCUT2D eigenvalue weighted by atomic mass is 35.5. The Morgan fingerprint density at radius 1 is 1.33 bits per heavy atom. The number of halogens is 1. The highest BCUT2D eigenvalue weighted by molar-refractivity contribution is 6.31. The molecule has 128 valence electrons. The minimum Gasteiger partial charge on any atom is -0.469 e. The molecule has 1 aromatic heterocycles. The standard InChI is InChI=1S/C17H19ClN2O4/c1-10-13(11(2)24-20-10)8-16(21)19-15(9-17(22)23-3)12-6-4-5-7-14(12)18/h4-7,15H,8-9H2,1-3H3,(H,19,21). The number of methoxy groups -OCH3 is 1. The Morgan fingerprint density at radius 2 is 2.04 bits per heavy atom. The molecule has 1 unspecified atom stereocenters. The van der Waals surface area contributed by atoms with Gasteiger partial charge in [0, 0.05) is 10.6 Å². The summed E-state index contributed by atoms with van der Waals surface area (Å²) in [5.41, 5.74) is 2.07. The van der Waals surface area contributed by atoms with Crippen molar-refractivity contribution in [2.24, 2.45) is 0 Å². The van der Waals surface area contributed by atoms with Crippen molar-refractivity contribution in [3.05, 3.63) is 51.9 Å². The number of nitrogens with zero attached hydrogens (tertiary/aromatic N) is 1. The van der Waals surface area contributed by atoms with Crippen LogP contribution in [0.5, 0.6) is 0 Å². The molecule has 1 atom stereocenters. The van der Waals surface area contributed by atoms with E-state index >= 15 is 0 Å². The minimum absolute atomic E-state index is 0.00637. The van der Waals surface area contributed by atoms with Crippen LogP contribution in [0.25, 0.3) is 0 Å². The van der Waals surface area contributed by atoms with E-state index in [1.54, 1.807) is 38.1 Å². The summed E-state index contributed by atoms with van der Waals surface area (Å²) in [5, 5.41) is 7.15. The van der Waals surface area contributed by atoms with Crippen molar-refractivity contribution in [2.45, 2.75) is 32.7 Å². The average Bonchev–Trinajstić information content (AvgIpc) is 2.86. The molecule has 0 bridgehead atoms. The van der Waals surface area contributed by atoms with Gasteiger partial charge in [0.25, 0.3) is 0 Å². The summed E-state index contributed by atoms with van der Waals surface area (Å²) in [6, 6.07) is 6.49. The van der Waals surface area contributed by atoms with Crippen molar-refractivity contribution >= 4 is 23.5 Å². The van der Waals surface area contributed by atoms with E-state index in [9.17, 15) is 9.59 Å². The maximum atomic E-state index is 12.4. The van der Waals surface area contributed by atoms with Crippen molar-refractivity contribution in [3.63, 3.8) is 0 Å². The van der Waals surface area contributed by atoms with Crippen LogP contribution in [0.1, 0.15) is 35.0 Å². The number of hydrogen-bond acceptors (Lipinski definition) is 5. The van der Waals surface area contributed by atoms with Gasteiger partial charge in [0.1, 0.15) is 5.76 Å². The second-order valence-electron chi connectivity index (χ2n) is 5.40. The fourth-order valence-corrected chi connectivity index (χ4v) is 2.67. The summed E-state index contributed by atoms with van der Waals surface area (Å²) in [6.45, 7) is 3.53. The number of carbonyl (C=O) groups excluding carboxylic acids is 2. The van der Waals surface area contributed by atoms with Gasteiger partial charge < -0.3 is 14.6 Å². The molecular weight excluding hydrogens is 332 g/mol. The summed E-state index contributed by atoms with van der Waals surface area (Å²) in [6.07, 6.45) is 0.108. The van der Waals surface area contributed by atoms with Crippen LogP contribution in [0.3, 0.4) is 0 Å². The Hall–Kier alpha value is -2.34. The average molecular weight is 351 g/mol. The van der Waals surface area contributed by atoms with Gasteiger partial charge in [-0.05, 0) is 25.5 Å². The lowest BCUT2D eigenvalue weighted by atomic mass is 10.0. The molecule has 0 saturated heterocycles. The zero-order valence-corrected chi connectivity index (χ0v) is 14.5. The number of esters is 1. The normalized spacial score (nSPS) is 11.8. The molecule has 6 nitrogen and oxygen atoms in total. The molecule has 0 fully saturated rings. The maximum absolute atomic E-state index is 12.4. The molecule has 0 aliphatic heterocycles. The molecule has 2 rings (SSSR count). The Morgan fingerprint density at radius 3 is 2.62 bits per heavy atom. The lowest BCUT2D eigenvalue weighted by Gasteiger charge is -2.19. The highest BCUT2D eigenvalue weighted by Gasteiger charge is 2.22. The fraction of sp³-hybridized carbons (Fsp3) is 0.353. The molecule has 1 N–H and O–H groups in total. The highest BCUT2D eigenvalue weighted by Crippen LogP contribution is 2.25. The van der Waals surface area contributed by atoms with Crippen molar-refractivity contribution in [3.8, 4) is 0 Å². The van der Waals surface area contributed by atoms with Gasteiger partial charge in [-0.15, -0.1) is 0 Å². The first-order valence-corrected chi connectivity index (χ1v) is 7.82. The quantitative estimate of drug-likeness (QED) is 0.810. The third kappa shape index (κ3) is 4.35. The number of carbonyl (C=O) groups is 2. The molecule has 1 heterocycles. The van der Waals surface area contributed by atoms with Crippen LogP contribution in [0.15, 0.2) is 28.8 Å². The molecule has 7 heteroatoms. The summed E-state index contributed by atoms with van der Waals surface area (Å²) >= 11 is 6.19. The van der Waals surface area contributed by atoms with E-state index in [0.717, 1.165) is 5.56 Å². The number of hydrogen-bond donors (Lipinski definition) is 1. The lowest BCUT2D eigenvalue weighted by Crippen LogP contribution is -2.32. The SMILES string of the molecule is COC(=O)CC(NC(=O)Cc1c(C)noc1C)c1ccccc1Cl. The first kappa shape index (κ1) is 18.0. The van der Waals surface area contributed by atoms with Crippen LogP contribution in [0.2, 0.25) is 5.02 Å². The van der Waals surface area contributed by atoms with E-state index in [0.29, 0.717) is 22.0 Å². The van der Waals surface area contributed by atoms with E-state index in [1.807, 2.05) is 0 Å². The van der Waals surface area contributed by atoms with Gasteiger partial charge in [-0.1, -0.05) is 35.0 Å².